The summed E-state index contributed by atoms with van der Waals surface area (Å²) in [4.78, 5) is 25.8. The second-order valence-electron chi connectivity index (χ2n) is 7.15. The first-order chi connectivity index (χ1) is 13.9. The van der Waals surface area contributed by atoms with Crippen molar-refractivity contribution >= 4 is 17.5 Å². The number of likely N-dealkylation sites (N-methyl/N-ethyl adjacent to an activating group) is 1. The van der Waals surface area contributed by atoms with Gasteiger partial charge in [-0.3, -0.25) is 9.59 Å². The Morgan fingerprint density at radius 1 is 1.00 bits per heavy atom. The molecule has 0 saturated carbocycles. The van der Waals surface area contributed by atoms with E-state index < -0.39 is 0 Å². The van der Waals surface area contributed by atoms with Gasteiger partial charge in [-0.2, -0.15) is 0 Å². The van der Waals surface area contributed by atoms with Gasteiger partial charge in [0.2, 0.25) is 0 Å². The topological polar surface area (TPSA) is 71.9 Å². The summed E-state index contributed by atoms with van der Waals surface area (Å²) in [6.45, 7) is 11.8. The van der Waals surface area contributed by atoms with Crippen molar-refractivity contribution in [3.8, 4) is 5.75 Å². The Hall–Kier alpha value is -2.86. The van der Waals surface area contributed by atoms with Crippen LogP contribution in [0.25, 0.3) is 0 Å². The average molecular weight is 399 g/mol. The van der Waals surface area contributed by atoms with Crippen molar-refractivity contribution in [2.24, 2.45) is 0 Å². The molecule has 2 aromatic rings. The molecule has 6 heteroatoms. The van der Waals surface area contributed by atoms with Gasteiger partial charge in [-0.15, -0.1) is 0 Å². The van der Waals surface area contributed by atoms with Crippen molar-refractivity contribution in [3.63, 3.8) is 0 Å². The maximum Gasteiger partial charge on any atom is 0.262 e. The highest BCUT2D eigenvalue weighted by molar-refractivity contribution is 5.96. The molecular formula is C23H32N3O3+. The van der Waals surface area contributed by atoms with E-state index in [4.69, 9.17) is 4.74 Å². The summed E-state index contributed by atoms with van der Waals surface area (Å²) in [6, 6.07) is 12.8. The van der Waals surface area contributed by atoms with Gasteiger partial charge in [0.1, 0.15) is 5.75 Å². The second kappa shape index (κ2) is 11.2. The molecule has 0 saturated heterocycles. The Labute approximate surface area is 173 Å². The molecule has 0 radical (unpaired) electrons. The monoisotopic (exact) mass is 398 g/mol. The number of nitrogens with one attached hydrogen (secondary N) is 3. The van der Waals surface area contributed by atoms with E-state index in [0.717, 1.165) is 30.8 Å². The summed E-state index contributed by atoms with van der Waals surface area (Å²) in [5.74, 6) is 0.358. The van der Waals surface area contributed by atoms with E-state index >= 15 is 0 Å². The molecule has 2 aromatic carbocycles. The highest BCUT2D eigenvalue weighted by atomic mass is 16.5. The van der Waals surface area contributed by atoms with E-state index in [1.807, 2.05) is 32.0 Å². The number of benzene rings is 2. The Bertz CT molecular complexity index is 815. The predicted octanol–water partition coefficient (Wildman–Crippen LogP) is 1.98. The molecule has 0 unspecified atom stereocenters. The standard InChI is InChI=1S/C23H31N3O3/c1-5-26(6-2)14-13-24-23(28)19-9-11-20(12-10-19)25-22(27)16-29-21-15-17(3)7-8-18(21)4/h7-12,15H,5-6,13-14,16H2,1-4H3,(H,24,28)(H,25,27)/p+1. The van der Waals surface area contributed by atoms with Gasteiger partial charge in [-0.05, 0) is 69.2 Å². The number of carbonyl (C=O) groups is 2. The highest BCUT2D eigenvalue weighted by Gasteiger charge is 2.09. The summed E-state index contributed by atoms with van der Waals surface area (Å²) < 4.78 is 5.62. The zero-order valence-corrected chi connectivity index (χ0v) is 17.8. The average Bonchev–Trinajstić information content (AvgIpc) is 2.72. The highest BCUT2D eigenvalue weighted by Crippen LogP contribution is 2.19. The lowest BCUT2D eigenvalue weighted by molar-refractivity contribution is -0.895. The third-order valence-electron chi connectivity index (χ3n) is 4.90. The molecule has 0 fully saturated rings. The van der Waals surface area contributed by atoms with Gasteiger partial charge in [0.15, 0.2) is 6.61 Å². The molecule has 0 aromatic heterocycles. The first kappa shape index (κ1) is 22.4. The molecule has 6 nitrogen and oxygen atoms in total. The van der Waals surface area contributed by atoms with Crippen molar-refractivity contribution in [2.45, 2.75) is 27.7 Å². The van der Waals surface area contributed by atoms with E-state index in [0.29, 0.717) is 23.5 Å². The summed E-state index contributed by atoms with van der Waals surface area (Å²) in [7, 11) is 0. The first-order valence-electron chi connectivity index (χ1n) is 10.1. The van der Waals surface area contributed by atoms with E-state index in [1.165, 1.54) is 4.90 Å². The minimum atomic E-state index is -0.245. The van der Waals surface area contributed by atoms with Gasteiger partial charge in [-0.25, -0.2) is 0 Å². The zero-order chi connectivity index (χ0) is 21.2. The van der Waals surface area contributed by atoms with Crippen LogP contribution in [0.5, 0.6) is 5.75 Å². The van der Waals surface area contributed by atoms with E-state index in [-0.39, 0.29) is 18.4 Å². The molecule has 29 heavy (non-hydrogen) atoms. The van der Waals surface area contributed by atoms with E-state index in [1.54, 1.807) is 24.3 Å². The second-order valence-corrected chi connectivity index (χ2v) is 7.15. The lowest BCUT2D eigenvalue weighted by Gasteiger charge is -2.15. The molecule has 0 spiro atoms. The normalized spacial score (nSPS) is 10.7. The molecule has 0 aliphatic heterocycles. The summed E-state index contributed by atoms with van der Waals surface area (Å²) in [6.07, 6.45) is 0. The Morgan fingerprint density at radius 2 is 1.69 bits per heavy atom. The molecule has 156 valence electrons. The van der Waals surface area contributed by atoms with Crippen LogP contribution >= 0.6 is 0 Å². The summed E-state index contributed by atoms with van der Waals surface area (Å²) >= 11 is 0. The van der Waals surface area contributed by atoms with Gasteiger partial charge < -0.3 is 20.3 Å². The number of aryl methyl sites for hydroxylation is 2. The fourth-order valence-corrected chi connectivity index (χ4v) is 2.97. The molecule has 2 amide bonds. The Morgan fingerprint density at radius 3 is 2.34 bits per heavy atom. The fourth-order valence-electron chi connectivity index (χ4n) is 2.97. The number of hydrogen-bond donors (Lipinski definition) is 3. The zero-order valence-electron chi connectivity index (χ0n) is 17.8. The molecule has 0 atom stereocenters. The van der Waals surface area contributed by atoms with Gasteiger partial charge in [0.25, 0.3) is 11.8 Å². The molecule has 2 rings (SSSR count). The summed E-state index contributed by atoms with van der Waals surface area (Å²) in [5.41, 5.74) is 3.27. The van der Waals surface area contributed by atoms with Crippen LogP contribution in [0.1, 0.15) is 35.3 Å². The molecule has 0 bridgehead atoms. The van der Waals surface area contributed by atoms with Gasteiger partial charge >= 0.3 is 0 Å². The van der Waals surface area contributed by atoms with Crippen LogP contribution in [0.3, 0.4) is 0 Å². The maximum absolute atomic E-state index is 12.2. The number of carbonyl (C=O) groups excluding carboxylic acids is 2. The molecule has 0 aliphatic carbocycles. The van der Waals surface area contributed by atoms with Crippen molar-refractivity contribution in [3.05, 3.63) is 59.2 Å². The number of anilines is 1. The van der Waals surface area contributed by atoms with Gasteiger partial charge in [-0.1, -0.05) is 12.1 Å². The summed E-state index contributed by atoms with van der Waals surface area (Å²) in [5, 5.41) is 5.73. The van der Waals surface area contributed by atoms with Gasteiger partial charge in [0.05, 0.1) is 26.2 Å². The van der Waals surface area contributed by atoms with E-state index in [2.05, 4.69) is 24.5 Å². The number of amides is 2. The van der Waals surface area contributed by atoms with Crippen LogP contribution in [0.4, 0.5) is 5.69 Å². The lowest BCUT2D eigenvalue weighted by atomic mass is 10.1. The Balaban J connectivity index is 1.81. The number of rotatable bonds is 10. The van der Waals surface area contributed by atoms with Crippen LogP contribution in [0.2, 0.25) is 0 Å². The van der Waals surface area contributed by atoms with Crippen molar-refractivity contribution in [2.75, 3.05) is 38.1 Å². The molecule has 0 aliphatic rings. The van der Waals surface area contributed by atoms with Crippen LogP contribution in [0, 0.1) is 13.8 Å². The molecular weight excluding hydrogens is 366 g/mol. The molecule has 3 N–H and O–H groups in total. The third kappa shape index (κ3) is 7.23. The largest absolute Gasteiger partial charge is 0.483 e. The van der Waals surface area contributed by atoms with Crippen LogP contribution in [0.15, 0.2) is 42.5 Å². The number of quaternary nitrogens is 1. The van der Waals surface area contributed by atoms with E-state index in [9.17, 15) is 9.59 Å². The van der Waals surface area contributed by atoms with Crippen molar-refractivity contribution in [1.29, 1.82) is 0 Å². The van der Waals surface area contributed by atoms with Gasteiger partial charge in [0, 0.05) is 11.3 Å². The van der Waals surface area contributed by atoms with Crippen LogP contribution in [-0.2, 0) is 4.79 Å². The SMILES string of the molecule is CC[NH+](CC)CCNC(=O)c1ccc(NC(=O)COc2cc(C)ccc2C)cc1. The molecule has 0 heterocycles. The van der Waals surface area contributed by atoms with Crippen LogP contribution < -0.4 is 20.3 Å². The third-order valence-corrected chi connectivity index (χ3v) is 4.90. The minimum absolute atomic E-state index is 0.0692. The fraction of sp³-hybridized carbons (Fsp3) is 0.391. The maximum atomic E-state index is 12.2. The first-order valence-corrected chi connectivity index (χ1v) is 10.1. The quantitative estimate of drug-likeness (QED) is 0.573. The van der Waals surface area contributed by atoms with Crippen molar-refractivity contribution < 1.29 is 19.2 Å². The predicted molar refractivity (Wildman–Crippen MR) is 116 cm³/mol. The number of ether oxygens (including phenoxy) is 1. The minimum Gasteiger partial charge on any atom is -0.483 e. The smallest absolute Gasteiger partial charge is 0.262 e. The number of hydrogen-bond acceptors (Lipinski definition) is 3. The van der Waals surface area contributed by atoms with Crippen LogP contribution in [-0.4, -0.2) is 44.6 Å². The van der Waals surface area contributed by atoms with Crippen molar-refractivity contribution in [1.82, 2.24) is 5.32 Å². The Kier molecular flexibility index (Phi) is 8.68. The lowest BCUT2D eigenvalue weighted by Crippen LogP contribution is -3.12.